The number of hydrogen-bond acceptors (Lipinski definition) is 4. The third-order valence-corrected chi connectivity index (χ3v) is 3.39. The minimum absolute atomic E-state index is 0.355. The molecule has 0 aliphatic rings. The zero-order valence-electron chi connectivity index (χ0n) is 12.2. The number of rotatable bonds is 4. The quantitative estimate of drug-likeness (QED) is 0.905. The molecule has 114 valence electrons. The number of carbonyl (C=O) groups excluding carboxylic acids is 2. The zero-order chi connectivity index (χ0) is 15.9. The summed E-state index contributed by atoms with van der Waals surface area (Å²) in [5, 5.41) is 2.12. The summed E-state index contributed by atoms with van der Waals surface area (Å²) in [6, 6.07) is 18.0. The van der Waals surface area contributed by atoms with E-state index >= 15 is 0 Å². The van der Waals surface area contributed by atoms with Crippen LogP contribution in [-0.4, -0.2) is 25.2 Å². The number of amides is 2. The van der Waals surface area contributed by atoms with Gasteiger partial charge in [0.25, 0.3) is 0 Å². The van der Waals surface area contributed by atoms with Crippen molar-refractivity contribution in [3.63, 3.8) is 0 Å². The maximum atomic E-state index is 12.2. The van der Waals surface area contributed by atoms with Gasteiger partial charge < -0.3 is 10.5 Å². The molecule has 2 rings (SSSR count). The molecule has 0 spiro atoms. The summed E-state index contributed by atoms with van der Waals surface area (Å²) in [6.45, 7) is 0. The van der Waals surface area contributed by atoms with Crippen LogP contribution in [0.1, 0.15) is 17.0 Å². The molecule has 2 aromatic rings. The molecule has 0 unspecified atom stereocenters. The van der Waals surface area contributed by atoms with E-state index in [0.717, 1.165) is 11.1 Å². The van der Waals surface area contributed by atoms with Crippen LogP contribution in [0.5, 0.6) is 0 Å². The van der Waals surface area contributed by atoms with E-state index in [0.29, 0.717) is 0 Å². The Hall–Kier alpha value is -2.66. The van der Waals surface area contributed by atoms with Crippen molar-refractivity contribution in [3.8, 4) is 0 Å². The van der Waals surface area contributed by atoms with Crippen molar-refractivity contribution in [2.24, 2.45) is 5.73 Å². The van der Waals surface area contributed by atoms with Gasteiger partial charge in [0.15, 0.2) is 0 Å². The predicted octanol–water partition coefficient (Wildman–Crippen LogP) is 2.03. The van der Waals surface area contributed by atoms with E-state index in [4.69, 9.17) is 5.73 Å². The van der Waals surface area contributed by atoms with Crippen LogP contribution in [0.25, 0.3) is 0 Å². The van der Waals surface area contributed by atoms with Gasteiger partial charge in [0.2, 0.25) is 5.91 Å². The van der Waals surface area contributed by atoms with Crippen molar-refractivity contribution >= 4 is 12.0 Å². The van der Waals surface area contributed by atoms with Gasteiger partial charge in [-0.2, -0.15) is 0 Å². The fourth-order valence-corrected chi connectivity index (χ4v) is 2.31. The summed E-state index contributed by atoms with van der Waals surface area (Å²) in [4.78, 5) is 23.4. The Labute approximate surface area is 129 Å². The molecule has 0 radical (unpaired) electrons. The molecule has 0 aliphatic heterocycles. The Balaban J connectivity index is 2.33. The van der Waals surface area contributed by atoms with Gasteiger partial charge in [-0.25, -0.2) is 4.79 Å². The molecule has 22 heavy (non-hydrogen) atoms. The van der Waals surface area contributed by atoms with Crippen molar-refractivity contribution in [3.05, 3.63) is 71.8 Å². The van der Waals surface area contributed by atoms with Crippen LogP contribution in [0.15, 0.2) is 60.7 Å². The van der Waals surface area contributed by atoms with Crippen molar-refractivity contribution < 1.29 is 14.3 Å². The summed E-state index contributed by atoms with van der Waals surface area (Å²) in [5.74, 6) is -0.934. The number of benzene rings is 2. The van der Waals surface area contributed by atoms with Crippen LogP contribution in [0.3, 0.4) is 0 Å². The largest absolute Gasteiger partial charge is 0.453 e. The number of alkyl carbamates (subject to hydrolysis) is 1. The smallest absolute Gasteiger partial charge is 0.413 e. The number of hydrogen-bond donors (Lipinski definition) is 2. The molecule has 0 aromatic heterocycles. The minimum atomic E-state index is -0.913. The van der Waals surface area contributed by atoms with Crippen molar-refractivity contribution in [1.82, 2.24) is 5.32 Å². The second-order valence-corrected chi connectivity index (χ2v) is 4.81. The maximum Gasteiger partial charge on any atom is 0.413 e. The van der Waals surface area contributed by atoms with Gasteiger partial charge in [0.1, 0.15) is 0 Å². The molecule has 0 aliphatic carbocycles. The highest BCUT2D eigenvalue weighted by atomic mass is 16.5. The van der Waals surface area contributed by atoms with E-state index in [-0.39, 0.29) is 5.92 Å². The van der Waals surface area contributed by atoms with Crippen LogP contribution >= 0.6 is 0 Å². The third-order valence-electron chi connectivity index (χ3n) is 3.39. The third kappa shape index (κ3) is 3.71. The average Bonchev–Trinajstić information content (AvgIpc) is 2.56. The fraction of sp³-hybridized carbons (Fsp3) is 0.176. The first-order valence-corrected chi connectivity index (χ1v) is 6.87. The first kappa shape index (κ1) is 15.7. The number of nitrogens with two attached hydrogens (primary N) is 1. The first-order chi connectivity index (χ1) is 10.6. The summed E-state index contributed by atoms with van der Waals surface area (Å²) in [5.41, 5.74) is 7.92. The number of methoxy groups -OCH3 is 1. The monoisotopic (exact) mass is 298 g/mol. The second kappa shape index (κ2) is 7.38. The highest BCUT2D eigenvalue weighted by molar-refractivity contribution is 5.95. The highest BCUT2D eigenvalue weighted by Gasteiger charge is 2.28. The van der Waals surface area contributed by atoms with E-state index in [2.05, 4.69) is 10.1 Å². The molecular formula is C17H18N2O3. The van der Waals surface area contributed by atoms with Crippen molar-refractivity contribution in [1.29, 1.82) is 0 Å². The Bertz CT molecular complexity index is 589. The SMILES string of the molecule is COC(=O)NC(=O)[C@@H](N)C(c1ccccc1)c1ccccc1. The van der Waals surface area contributed by atoms with Crippen LogP contribution < -0.4 is 11.1 Å². The second-order valence-electron chi connectivity index (χ2n) is 4.81. The van der Waals surface area contributed by atoms with Gasteiger partial charge in [-0.3, -0.25) is 10.1 Å². The molecule has 0 saturated carbocycles. The summed E-state index contributed by atoms with van der Waals surface area (Å²) in [6.07, 6.45) is -0.819. The van der Waals surface area contributed by atoms with Crippen LogP contribution in [0.2, 0.25) is 0 Å². The fourth-order valence-electron chi connectivity index (χ4n) is 2.31. The summed E-state index contributed by atoms with van der Waals surface area (Å²) >= 11 is 0. The lowest BCUT2D eigenvalue weighted by atomic mass is 9.85. The van der Waals surface area contributed by atoms with Crippen LogP contribution in [0, 0.1) is 0 Å². The van der Waals surface area contributed by atoms with Crippen molar-refractivity contribution in [2.75, 3.05) is 7.11 Å². The molecule has 3 N–H and O–H groups in total. The molecular weight excluding hydrogens is 280 g/mol. The van der Waals surface area contributed by atoms with E-state index in [9.17, 15) is 9.59 Å². The van der Waals surface area contributed by atoms with Crippen LogP contribution in [0.4, 0.5) is 4.79 Å². The van der Waals surface area contributed by atoms with Crippen LogP contribution in [-0.2, 0) is 9.53 Å². The predicted molar refractivity (Wildman–Crippen MR) is 83.3 cm³/mol. The normalized spacial score (nSPS) is 11.8. The highest BCUT2D eigenvalue weighted by Crippen LogP contribution is 2.27. The number of carbonyl (C=O) groups is 2. The molecule has 0 bridgehead atoms. The van der Waals surface area contributed by atoms with E-state index < -0.39 is 18.0 Å². The van der Waals surface area contributed by atoms with Gasteiger partial charge in [0, 0.05) is 5.92 Å². The molecule has 0 heterocycles. The standard InChI is InChI=1S/C17H18N2O3/c1-22-17(21)19-16(20)15(18)14(12-8-4-2-5-9-12)13-10-6-3-7-11-13/h2-11,14-15H,18H2,1H3,(H,19,20,21)/t15-/m0/s1. The molecule has 2 aromatic carbocycles. The molecule has 0 saturated heterocycles. The van der Waals surface area contributed by atoms with E-state index in [1.165, 1.54) is 7.11 Å². The van der Waals surface area contributed by atoms with Crippen molar-refractivity contribution in [2.45, 2.75) is 12.0 Å². The number of ether oxygens (including phenoxy) is 1. The molecule has 1 atom stereocenters. The average molecular weight is 298 g/mol. The van der Waals surface area contributed by atoms with Gasteiger partial charge in [-0.05, 0) is 11.1 Å². The van der Waals surface area contributed by atoms with Gasteiger partial charge in [0.05, 0.1) is 13.2 Å². The van der Waals surface area contributed by atoms with Gasteiger partial charge in [-0.15, -0.1) is 0 Å². The Kier molecular flexibility index (Phi) is 5.27. The van der Waals surface area contributed by atoms with Gasteiger partial charge in [-0.1, -0.05) is 60.7 Å². The number of nitrogens with one attached hydrogen (secondary N) is 1. The van der Waals surface area contributed by atoms with E-state index in [1.54, 1.807) is 0 Å². The Morgan fingerprint density at radius 2 is 1.41 bits per heavy atom. The minimum Gasteiger partial charge on any atom is -0.453 e. The molecule has 0 fully saturated rings. The Morgan fingerprint density at radius 3 is 1.82 bits per heavy atom. The summed E-state index contributed by atoms with van der Waals surface area (Å²) in [7, 11) is 1.19. The molecule has 2 amide bonds. The lowest BCUT2D eigenvalue weighted by Crippen LogP contribution is -2.47. The molecule has 5 heteroatoms. The molecule has 5 nitrogen and oxygen atoms in total. The van der Waals surface area contributed by atoms with E-state index in [1.807, 2.05) is 60.7 Å². The summed E-state index contributed by atoms with van der Waals surface area (Å²) < 4.78 is 4.44. The lowest BCUT2D eigenvalue weighted by Gasteiger charge is -2.23. The maximum absolute atomic E-state index is 12.2. The number of imide groups is 1. The zero-order valence-corrected chi connectivity index (χ0v) is 12.2. The Morgan fingerprint density at radius 1 is 0.955 bits per heavy atom. The first-order valence-electron chi connectivity index (χ1n) is 6.87. The lowest BCUT2D eigenvalue weighted by molar-refractivity contribution is -0.121. The topological polar surface area (TPSA) is 81.4 Å². The van der Waals surface area contributed by atoms with Gasteiger partial charge >= 0.3 is 6.09 Å².